The summed E-state index contributed by atoms with van der Waals surface area (Å²) in [5.41, 5.74) is 0. The summed E-state index contributed by atoms with van der Waals surface area (Å²) >= 11 is 0. The Morgan fingerprint density at radius 2 is 1.46 bits per heavy atom. The van der Waals surface area contributed by atoms with Gasteiger partial charge in [-0.1, -0.05) is 69.8 Å². The van der Waals surface area contributed by atoms with E-state index >= 15 is 0 Å². The lowest BCUT2D eigenvalue weighted by molar-refractivity contribution is -0.147. The van der Waals surface area contributed by atoms with E-state index in [4.69, 9.17) is 14.9 Å². The average Bonchev–Trinajstić information content (AvgIpc) is 2.65. The SMILES string of the molecule is CCCCCCC=CCC=CCCCCCCCC(=O)OCC(O)CO. The molecule has 0 aromatic rings. The number of hydrogen-bond acceptors (Lipinski definition) is 4. The Balaban J connectivity index is 3.30. The smallest absolute Gasteiger partial charge is 0.305 e. The van der Waals surface area contributed by atoms with E-state index in [0.717, 1.165) is 32.1 Å². The molecular formula is C22H40O4. The minimum Gasteiger partial charge on any atom is -0.463 e. The Hall–Kier alpha value is -1.13. The number of carbonyl (C=O) groups is 1. The van der Waals surface area contributed by atoms with Crippen LogP contribution in [0.2, 0.25) is 0 Å². The lowest BCUT2D eigenvalue weighted by Crippen LogP contribution is -2.21. The molecule has 0 saturated carbocycles. The lowest BCUT2D eigenvalue weighted by atomic mass is 10.1. The molecule has 0 aliphatic rings. The fraction of sp³-hybridized carbons (Fsp3) is 0.773. The number of aliphatic hydroxyl groups is 2. The highest BCUT2D eigenvalue weighted by Gasteiger charge is 2.07. The van der Waals surface area contributed by atoms with Gasteiger partial charge in [0.25, 0.3) is 0 Å². The topological polar surface area (TPSA) is 66.8 Å². The van der Waals surface area contributed by atoms with Gasteiger partial charge in [-0.2, -0.15) is 0 Å². The molecule has 0 radical (unpaired) electrons. The molecule has 1 unspecified atom stereocenters. The summed E-state index contributed by atoms with van der Waals surface area (Å²) in [7, 11) is 0. The van der Waals surface area contributed by atoms with E-state index in [9.17, 15) is 4.79 Å². The highest BCUT2D eigenvalue weighted by molar-refractivity contribution is 5.69. The monoisotopic (exact) mass is 368 g/mol. The van der Waals surface area contributed by atoms with Crippen LogP contribution in [0.4, 0.5) is 0 Å². The Labute approximate surface area is 160 Å². The van der Waals surface area contributed by atoms with E-state index < -0.39 is 6.10 Å². The van der Waals surface area contributed by atoms with Crippen LogP contribution < -0.4 is 0 Å². The van der Waals surface area contributed by atoms with Gasteiger partial charge in [-0.25, -0.2) is 0 Å². The molecule has 0 aromatic carbocycles. The van der Waals surface area contributed by atoms with Crippen molar-refractivity contribution in [3.63, 3.8) is 0 Å². The predicted molar refractivity (Wildman–Crippen MR) is 108 cm³/mol. The van der Waals surface area contributed by atoms with Crippen LogP contribution >= 0.6 is 0 Å². The maximum Gasteiger partial charge on any atom is 0.305 e. The van der Waals surface area contributed by atoms with Gasteiger partial charge in [-0.05, 0) is 38.5 Å². The summed E-state index contributed by atoms with van der Waals surface area (Å²) in [5, 5.41) is 17.7. The van der Waals surface area contributed by atoms with Crippen LogP contribution in [-0.2, 0) is 9.53 Å². The molecule has 0 bridgehead atoms. The predicted octanol–water partition coefficient (Wildman–Crippen LogP) is 5.09. The van der Waals surface area contributed by atoms with E-state index in [2.05, 4.69) is 31.2 Å². The Morgan fingerprint density at radius 3 is 2.08 bits per heavy atom. The van der Waals surface area contributed by atoms with E-state index in [1.165, 1.54) is 44.9 Å². The number of aliphatic hydroxyl groups excluding tert-OH is 2. The third-order valence-electron chi connectivity index (χ3n) is 4.23. The van der Waals surface area contributed by atoms with Crippen LogP contribution in [0.3, 0.4) is 0 Å². The second-order valence-electron chi connectivity index (χ2n) is 6.85. The number of carbonyl (C=O) groups excluding carboxylic acids is 1. The van der Waals surface area contributed by atoms with E-state index in [1.807, 2.05) is 0 Å². The Kier molecular flexibility index (Phi) is 19.3. The molecule has 4 heteroatoms. The first kappa shape index (κ1) is 24.9. The highest BCUT2D eigenvalue weighted by atomic mass is 16.5. The molecule has 152 valence electrons. The zero-order valence-corrected chi connectivity index (χ0v) is 16.7. The van der Waals surface area contributed by atoms with Crippen LogP contribution in [0, 0.1) is 0 Å². The van der Waals surface area contributed by atoms with Crippen LogP contribution in [-0.4, -0.2) is 35.5 Å². The number of hydrogen-bond donors (Lipinski definition) is 2. The van der Waals surface area contributed by atoms with Crippen molar-refractivity contribution in [3.05, 3.63) is 24.3 Å². The number of ether oxygens (including phenoxy) is 1. The normalized spacial score (nSPS) is 12.9. The van der Waals surface area contributed by atoms with Gasteiger partial charge in [0.1, 0.15) is 12.7 Å². The second kappa shape index (κ2) is 20.2. The van der Waals surface area contributed by atoms with Crippen molar-refractivity contribution < 1.29 is 19.7 Å². The first-order valence-electron chi connectivity index (χ1n) is 10.4. The zero-order chi connectivity index (χ0) is 19.3. The summed E-state index contributed by atoms with van der Waals surface area (Å²) in [6, 6.07) is 0. The maximum absolute atomic E-state index is 11.4. The molecule has 0 amide bonds. The van der Waals surface area contributed by atoms with E-state index in [1.54, 1.807) is 0 Å². The number of esters is 1. The van der Waals surface area contributed by atoms with Gasteiger partial charge in [0.15, 0.2) is 0 Å². The Bertz CT molecular complexity index is 363. The molecule has 1 atom stereocenters. The standard InChI is InChI=1S/C22H40O4/c1-2-3-4-5-6-7-8-9-10-11-12-13-14-15-16-17-18-22(25)26-20-21(24)19-23/h7-8,10-11,21,23-24H,2-6,9,12-20H2,1H3. The summed E-state index contributed by atoms with van der Waals surface area (Å²) in [6.45, 7) is 1.75. The molecular weight excluding hydrogens is 328 g/mol. The fourth-order valence-electron chi connectivity index (χ4n) is 2.57. The minimum absolute atomic E-state index is 0.115. The third-order valence-corrected chi connectivity index (χ3v) is 4.23. The first-order chi connectivity index (χ1) is 12.7. The molecule has 0 fully saturated rings. The van der Waals surface area contributed by atoms with Crippen molar-refractivity contribution in [2.24, 2.45) is 0 Å². The van der Waals surface area contributed by atoms with Crippen LogP contribution in [0.5, 0.6) is 0 Å². The number of allylic oxidation sites excluding steroid dienone is 4. The summed E-state index contributed by atoms with van der Waals surface area (Å²) in [4.78, 5) is 11.4. The molecule has 0 spiro atoms. The zero-order valence-electron chi connectivity index (χ0n) is 16.7. The molecule has 0 saturated heterocycles. The molecule has 0 heterocycles. The molecule has 0 rings (SSSR count). The van der Waals surface area contributed by atoms with Crippen molar-refractivity contribution in [3.8, 4) is 0 Å². The molecule has 2 N–H and O–H groups in total. The highest BCUT2D eigenvalue weighted by Crippen LogP contribution is 2.09. The summed E-state index contributed by atoms with van der Waals surface area (Å²) in [6.07, 6.45) is 22.6. The first-order valence-corrected chi connectivity index (χ1v) is 10.4. The second-order valence-corrected chi connectivity index (χ2v) is 6.85. The van der Waals surface area contributed by atoms with Gasteiger partial charge in [0, 0.05) is 6.42 Å². The van der Waals surface area contributed by atoms with Gasteiger partial charge in [-0.15, -0.1) is 0 Å². The van der Waals surface area contributed by atoms with Gasteiger partial charge in [0.2, 0.25) is 0 Å². The number of unbranched alkanes of at least 4 members (excludes halogenated alkanes) is 9. The van der Waals surface area contributed by atoms with Crippen LogP contribution in [0.25, 0.3) is 0 Å². The fourth-order valence-corrected chi connectivity index (χ4v) is 2.57. The summed E-state index contributed by atoms with van der Waals surface area (Å²) in [5.74, 6) is -0.293. The summed E-state index contributed by atoms with van der Waals surface area (Å²) < 4.78 is 4.86. The van der Waals surface area contributed by atoms with Crippen LogP contribution in [0.1, 0.15) is 90.4 Å². The molecule has 4 nitrogen and oxygen atoms in total. The van der Waals surface area contributed by atoms with Gasteiger partial charge in [-0.3, -0.25) is 4.79 Å². The van der Waals surface area contributed by atoms with E-state index in [-0.39, 0.29) is 19.2 Å². The number of rotatable bonds is 18. The molecule has 26 heavy (non-hydrogen) atoms. The third kappa shape index (κ3) is 19.2. The van der Waals surface area contributed by atoms with Crippen molar-refractivity contribution in [1.29, 1.82) is 0 Å². The molecule has 0 aliphatic carbocycles. The van der Waals surface area contributed by atoms with Gasteiger partial charge in [0.05, 0.1) is 6.61 Å². The average molecular weight is 369 g/mol. The van der Waals surface area contributed by atoms with Gasteiger partial charge < -0.3 is 14.9 Å². The largest absolute Gasteiger partial charge is 0.463 e. The van der Waals surface area contributed by atoms with Crippen molar-refractivity contribution in [2.45, 2.75) is 96.5 Å². The molecule has 0 aliphatic heterocycles. The lowest BCUT2D eigenvalue weighted by Gasteiger charge is -2.08. The van der Waals surface area contributed by atoms with Crippen LogP contribution in [0.15, 0.2) is 24.3 Å². The van der Waals surface area contributed by atoms with Crippen molar-refractivity contribution in [1.82, 2.24) is 0 Å². The maximum atomic E-state index is 11.4. The van der Waals surface area contributed by atoms with Gasteiger partial charge >= 0.3 is 5.97 Å². The Morgan fingerprint density at radius 1 is 0.885 bits per heavy atom. The quantitative estimate of drug-likeness (QED) is 0.201. The molecule has 0 aromatic heterocycles. The van der Waals surface area contributed by atoms with E-state index in [0.29, 0.717) is 6.42 Å². The van der Waals surface area contributed by atoms with Crippen molar-refractivity contribution in [2.75, 3.05) is 13.2 Å². The minimum atomic E-state index is -0.965. The van der Waals surface area contributed by atoms with Crippen molar-refractivity contribution >= 4 is 5.97 Å².